The second-order valence-electron chi connectivity index (χ2n) is 17.3. The van der Waals surface area contributed by atoms with Crippen molar-refractivity contribution >= 4 is 50.6 Å². The molecule has 1 radical (unpaired) electrons. The Kier molecular flexibility index (Phi) is 12.8. The molecule has 0 atom stereocenters. The van der Waals surface area contributed by atoms with Gasteiger partial charge in [-0.15, -0.1) is 18.2 Å². The van der Waals surface area contributed by atoms with E-state index in [1.165, 1.54) is 37.8 Å². The Labute approximate surface area is 371 Å². The second-order valence-corrected chi connectivity index (χ2v) is 28.0. The molecular weight excluding hydrogens is 973 g/mol. The zero-order chi connectivity index (χ0) is 41.4. The summed E-state index contributed by atoms with van der Waals surface area (Å²) in [6.07, 6.45) is 3.86. The molecule has 0 aliphatic carbocycles. The average Bonchev–Trinajstić information content (AvgIpc) is 3.79. The molecule has 0 unspecified atom stereocenters. The Balaban J connectivity index is 0.000000255. The van der Waals surface area contributed by atoms with Crippen LogP contribution in [0.4, 0.5) is 0 Å². The third-order valence-electron chi connectivity index (χ3n) is 11.2. The number of para-hydroxylation sites is 2. The summed E-state index contributed by atoms with van der Waals surface area (Å²) in [5.41, 5.74) is 15.4. The van der Waals surface area contributed by atoms with E-state index in [4.69, 9.17) is 9.40 Å². The number of hydrogen-bond donors (Lipinski definition) is 0. The van der Waals surface area contributed by atoms with Crippen LogP contribution in [0.3, 0.4) is 0 Å². The van der Waals surface area contributed by atoms with E-state index in [-0.39, 0.29) is 20.1 Å². The van der Waals surface area contributed by atoms with E-state index in [2.05, 4.69) is 182 Å². The molecule has 0 amide bonds. The van der Waals surface area contributed by atoms with Crippen LogP contribution in [0, 0.1) is 26.0 Å². The minimum absolute atomic E-state index is 0. The summed E-state index contributed by atoms with van der Waals surface area (Å²) in [4.78, 5) is 14.2. The van der Waals surface area contributed by atoms with Crippen molar-refractivity contribution in [1.82, 2.24) is 19.5 Å². The second kappa shape index (κ2) is 17.8. The molecule has 4 heterocycles. The van der Waals surface area contributed by atoms with E-state index in [9.17, 15) is 0 Å². The first-order chi connectivity index (χ1) is 28.4. The number of nitrogens with zero attached hydrogens (tertiary/aromatic N) is 4. The molecule has 60 heavy (non-hydrogen) atoms. The maximum absolute atomic E-state index is 6.44. The van der Waals surface area contributed by atoms with E-state index >= 15 is 0 Å². The maximum atomic E-state index is 6.44. The van der Waals surface area contributed by atoms with E-state index in [1.54, 1.807) is 0 Å². The van der Waals surface area contributed by atoms with E-state index in [0.29, 0.717) is 18.4 Å². The van der Waals surface area contributed by atoms with Gasteiger partial charge in [-0.05, 0) is 64.8 Å². The van der Waals surface area contributed by atoms with Gasteiger partial charge in [0, 0.05) is 37.7 Å². The van der Waals surface area contributed by atoms with Gasteiger partial charge in [0.2, 0.25) is 0 Å². The minimum Gasteiger partial charge on any atom is -0.499 e. The first-order valence-electron chi connectivity index (χ1n) is 20.7. The molecule has 0 saturated carbocycles. The Morgan fingerprint density at radius 2 is 1.43 bits per heavy atom. The number of hydrogen-bond acceptors (Lipinski definition) is 4. The number of rotatable bonds is 8. The summed E-state index contributed by atoms with van der Waals surface area (Å²) >= 11 is -1.73. The number of fused-ring (bicyclic) bond motifs is 4. The number of benzene rings is 5. The Morgan fingerprint density at radius 1 is 0.717 bits per heavy atom. The monoisotopic (exact) mass is 1030 g/mol. The van der Waals surface area contributed by atoms with Crippen molar-refractivity contribution < 1.29 is 24.5 Å². The van der Waals surface area contributed by atoms with Crippen LogP contribution >= 0.6 is 0 Å². The van der Waals surface area contributed by atoms with Gasteiger partial charge in [-0.25, -0.2) is 0 Å². The molecule has 9 rings (SSSR count). The topological polar surface area (TPSA) is 56.7 Å². The van der Waals surface area contributed by atoms with Gasteiger partial charge in [-0.1, -0.05) is 93.2 Å². The first kappa shape index (κ1) is 43.0. The average molecular weight is 1030 g/mol. The Hall–Kier alpha value is -5.14. The van der Waals surface area contributed by atoms with Crippen molar-refractivity contribution in [1.29, 1.82) is 0 Å². The molecule has 0 saturated heterocycles. The van der Waals surface area contributed by atoms with Gasteiger partial charge in [0.1, 0.15) is 5.58 Å². The van der Waals surface area contributed by atoms with E-state index in [0.717, 1.165) is 61.3 Å². The molecule has 0 N–H and O–H groups in total. The molecule has 5 aromatic carbocycles. The molecule has 0 fully saturated rings. The smallest absolute Gasteiger partial charge is 0.139 e. The molecule has 4 aromatic heterocycles. The number of aryl methyl sites for hydroxylation is 2. The SMILES string of the molecule is Cc1c[c-]c(-c2cc[c]([Ge]([CH3])([CH3])[CH3])cn2)cc1.Cc1cc2c(cn1)oc1c(-c3nc4ccccc4n3Cc3c(C(C)C)cc(-c4ccccc4)cc3C(C)C)[c-]ccc12.[Ir]. The summed E-state index contributed by atoms with van der Waals surface area (Å²) in [6, 6.07) is 47.3. The van der Waals surface area contributed by atoms with Gasteiger partial charge in [0.25, 0.3) is 0 Å². The fourth-order valence-corrected chi connectivity index (χ4v) is 10.1. The van der Waals surface area contributed by atoms with Crippen LogP contribution in [0.5, 0.6) is 0 Å². The van der Waals surface area contributed by atoms with Crippen LogP contribution in [-0.2, 0) is 26.7 Å². The van der Waals surface area contributed by atoms with Crippen molar-refractivity contribution in [3.8, 4) is 33.8 Å². The van der Waals surface area contributed by atoms with Crippen molar-refractivity contribution in [2.45, 2.75) is 77.2 Å². The van der Waals surface area contributed by atoms with Crippen molar-refractivity contribution in [2.75, 3.05) is 0 Å². The summed E-state index contributed by atoms with van der Waals surface area (Å²) in [7, 11) is 0. The quantitative estimate of drug-likeness (QED) is 0.112. The summed E-state index contributed by atoms with van der Waals surface area (Å²) < 4.78 is 10.2. The van der Waals surface area contributed by atoms with Crippen LogP contribution < -0.4 is 4.40 Å². The van der Waals surface area contributed by atoms with Crippen LogP contribution in [-0.4, -0.2) is 32.8 Å². The molecule has 0 aliphatic heterocycles. The van der Waals surface area contributed by atoms with Gasteiger partial charge in [0.05, 0.1) is 28.6 Å². The normalized spacial score (nSPS) is 11.7. The van der Waals surface area contributed by atoms with Gasteiger partial charge >= 0.3 is 106 Å². The maximum Gasteiger partial charge on any atom is 0.139 e. The number of aromatic nitrogens is 4. The fraction of sp³-hybridized carbons (Fsp3) is 0.226. The zero-order valence-corrected chi connectivity index (χ0v) is 40.5. The Morgan fingerprint density at radius 3 is 2.08 bits per heavy atom. The summed E-state index contributed by atoms with van der Waals surface area (Å²) in [5, 5.41) is 2.12. The first-order valence-corrected chi connectivity index (χ1v) is 28.0. The molecule has 0 bridgehead atoms. The third-order valence-corrected chi connectivity index (χ3v) is 15.4. The van der Waals surface area contributed by atoms with Crippen molar-refractivity contribution in [3.05, 3.63) is 168 Å². The van der Waals surface area contributed by atoms with Gasteiger partial charge in [-0.3, -0.25) is 9.97 Å². The van der Waals surface area contributed by atoms with Crippen LogP contribution in [0.15, 0.2) is 132 Å². The van der Waals surface area contributed by atoms with Crippen molar-refractivity contribution in [2.24, 2.45) is 0 Å². The number of furan rings is 1. The summed E-state index contributed by atoms with van der Waals surface area (Å²) in [6.45, 7) is 14.0. The van der Waals surface area contributed by atoms with Gasteiger partial charge < -0.3 is 8.98 Å². The molecule has 5 nitrogen and oxygen atoms in total. The van der Waals surface area contributed by atoms with Gasteiger partial charge in [-0.2, -0.15) is 0 Å². The third kappa shape index (κ3) is 8.83. The molecule has 0 aliphatic rings. The van der Waals surface area contributed by atoms with Crippen LogP contribution in [0.2, 0.25) is 17.3 Å². The number of pyridine rings is 2. The van der Waals surface area contributed by atoms with E-state index < -0.39 is 13.3 Å². The Bertz CT molecular complexity index is 2880. The largest absolute Gasteiger partial charge is 0.499 e. The zero-order valence-electron chi connectivity index (χ0n) is 36.0. The predicted octanol–water partition coefficient (Wildman–Crippen LogP) is 13.5. The predicted molar refractivity (Wildman–Crippen MR) is 249 cm³/mol. The minimum atomic E-state index is -1.73. The molecule has 7 heteroatoms. The molecule has 0 spiro atoms. The van der Waals surface area contributed by atoms with Crippen LogP contribution in [0.1, 0.15) is 67.5 Å². The fourth-order valence-electron chi connectivity index (χ4n) is 7.89. The molecule has 305 valence electrons. The number of imidazole rings is 1. The standard InChI is InChI=1S/C38H34N3O.C15H18GeN.Ir/c1-23(2)30-19-27(26-12-7-6-8-13-26)20-31(24(3)4)33(30)22-41-35-17-10-9-16-34(35)40-38(41)29-15-11-14-28-32-18-25(5)39-21-36(32)42-37(28)29;1-12-5-7-13(8-6-12)15-10-9-14(11-17-15)16(2,3)4;/h6-14,16-21,23-24H,22H2,1-5H3;5-7,9-11H,1-4H3;/q2*-1;. The molecule has 9 aromatic rings. The van der Waals surface area contributed by atoms with Crippen molar-refractivity contribution in [3.63, 3.8) is 0 Å². The summed E-state index contributed by atoms with van der Waals surface area (Å²) in [5.74, 6) is 8.74. The van der Waals surface area contributed by atoms with Gasteiger partial charge in [0.15, 0.2) is 0 Å². The molecular formula is C53H52GeIrN4O-2. The van der Waals surface area contributed by atoms with Crippen LogP contribution in [0.25, 0.3) is 66.7 Å². The van der Waals surface area contributed by atoms with E-state index in [1.807, 2.05) is 31.5 Å².